The Morgan fingerprint density at radius 2 is 2.17 bits per heavy atom. The van der Waals surface area contributed by atoms with Crippen molar-refractivity contribution in [2.45, 2.75) is 65.0 Å². The molecule has 0 spiro atoms. The molecule has 1 aliphatic carbocycles. The predicted octanol–water partition coefficient (Wildman–Crippen LogP) is 2.57. The molecule has 4 nitrogen and oxygen atoms in total. The summed E-state index contributed by atoms with van der Waals surface area (Å²) in [5.74, 6) is 2.53. The smallest absolute Gasteiger partial charge is 0.138 e. The molecular weight excluding hydrogens is 224 g/mol. The molecule has 0 aromatic carbocycles. The summed E-state index contributed by atoms with van der Waals surface area (Å²) in [5.41, 5.74) is 0.206. The van der Waals surface area contributed by atoms with Gasteiger partial charge in [0.15, 0.2) is 0 Å². The highest BCUT2D eigenvalue weighted by Gasteiger charge is 2.35. The van der Waals surface area contributed by atoms with Crippen molar-refractivity contribution in [3.63, 3.8) is 0 Å². The van der Waals surface area contributed by atoms with Gasteiger partial charge in [-0.25, -0.2) is 9.67 Å². The van der Waals surface area contributed by atoms with Crippen molar-refractivity contribution in [3.8, 4) is 0 Å². The second kappa shape index (κ2) is 5.39. The Balaban J connectivity index is 1.95. The number of hydrogen-bond donors (Lipinski definition) is 1. The van der Waals surface area contributed by atoms with Gasteiger partial charge in [0.25, 0.3) is 0 Å². The summed E-state index contributed by atoms with van der Waals surface area (Å²) in [4.78, 5) is 4.48. The van der Waals surface area contributed by atoms with Gasteiger partial charge in [0.05, 0.1) is 0 Å². The predicted molar refractivity (Wildman–Crippen MR) is 73.5 cm³/mol. The third-order valence-electron chi connectivity index (χ3n) is 3.72. The highest BCUT2D eigenvalue weighted by Crippen LogP contribution is 2.41. The first-order valence-electron chi connectivity index (χ1n) is 7.14. The van der Waals surface area contributed by atoms with Crippen molar-refractivity contribution in [2.24, 2.45) is 5.92 Å². The van der Waals surface area contributed by atoms with E-state index in [1.54, 1.807) is 6.33 Å². The summed E-state index contributed by atoms with van der Waals surface area (Å²) in [6.07, 6.45) is 5.40. The number of nitrogens with zero attached hydrogens (tertiary/aromatic N) is 3. The van der Waals surface area contributed by atoms with E-state index in [1.165, 1.54) is 18.7 Å². The maximum absolute atomic E-state index is 4.48. The number of hydrogen-bond acceptors (Lipinski definition) is 3. The molecule has 1 aromatic rings. The fraction of sp³-hybridized carbons (Fsp3) is 0.857. The summed E-state index contributed by atoms with van der Waals surface area (Å²) in [6.45, 7) is 10.9. The molecule has 0 bridgehead atoms. The summed E-state index contributed by atoms with van der Waals surface area (Å²) in [5, 5.41) is 7.95. The van der Waals surface area contributed by atoms with Crippen molar-refractivity contribution in [1.82, 2.24) is 20.1 Å². The molecule has 1 heterocycles. The molecule has 2 unspecified atom stereocenters. The summed E-state index contributed by atoms with van der Waals surface area (Å²) in [6, 6.07) is 0. The monoisotopic (exact) mass is 250 g/mol. The highest BCUT2D eigenvalue weighted by atomic mass is 15.3. The third-order valence-corrected chi connectivity index (χ3v) is 3.72. The second-order valence-electron chi connectivity index (χ2n) is 6.42. The van der Waals surface area contributed by atoms with E-state index in [4.69, 9.17) is 0 Å². The number of rotatable bonds is 5. The molecule has 0 aliphatic heterocycles. The maximum atomic E-state index is 4.48. The van der Waals surface area contributed by atoms with Crippen LogP contribution in [0.15, 0.2) is 6.33 Å². The first kappa shape index (κ1) is 13.5. The summed E-state index contributed by atoms with van der Waals surface area (Å²) in [7, 11) is 0. The minimum atomic E-state index is 0.206. The zero-order valence-electron chi connectivity index (χ0n) is 12.1. The number of aryl methyl sites for hydroxylation is 1. The lowest BCUT2D eigenvalue weighted by Crippen LogP contribution is -2.43. The van der Waals surface area contributed by atoms with E-state index in [1.807, 2.05) is 0 Å². The van der Waals surface area contributed by atoms with Crippen LogP contribution in [0.25, 0.3) is 0 Å². The van der Waals surface area contributed by atoms with Gasteiger partial charge in [-0.15, -0.1) is 0 Å². The Morgan fingerprint density at radius 3 is 2.72 bits per heavy atom. The molecule has 18 heavy (non-hydrogen) atoms. The van der Waals surface area contributed by atoms with E-state index >= 15 is 0 Å². The van der Waals surface area contributed by atoms with Gasteiger partial charge in [0.1, 0.15) is 12.2 Å². The van der Waals surface area contributed by atoms with Crippen LogP contribution in [0.5, 0.6) is 0 Å². The summed E-state index contributed by atoms with van der Waals surface area (Å²) < 4.78 is 2.09. The molecule has 0 amide bonds. The Morgan fingerprint density at radius 1 is 1.39 bits per heavy atom. The minimum Gasteiger partial charge on any atom is -0.312 e. The second-order valence-corrected chi connectivity index (χ2v) is 6.42. The molecule has 4 heteroatoms. The molecule has 1 aliphatic rings. The van der Waals surface area contributed by atoms with Gasteiger partial charge in [0.2, 0.25) is 0 Å². The average Bonchev–Trinajstić information content (AvgIpc) is 2.64. The van der Waals surface area contributed by atoms with E-state index in [-0.39, 0.29) is 5.54 Å². The largest absolute Gasteiger partial charge is 0.312 e. The SMILES string of the molecule is CCCn1ncnc1C1CCC1CNC(C)(C)C. The lowest BCUT2D eigenvalue weighted by atomic mass is 9.72. The van der Waals surface area contributed by atoms with Crippen LogP contribution in [0.2, 0.25) is 0 Å². The van der Waals surface area contributed by atoms with Crippen molar-refractivity contribution in [3.05, 3.63) is 12.2 Å². The zero-order valence-corrected chi connectivity index (χ0v) is 12.1. The first-order valence-corrected chi connectivity index (χ1v) is 7.14. The normalized spacial score (nSPS) is 24.0. The fourth-order valence-electron chi connectivity index (χ4n) is 2.53. The van der Waals surface area contributed by atoms with E-state index in [2.05, 4.69) is 47.8 Å². The minimum absolute atomic E-state index is 0.206. The standard InChI is InChI=1S/C14H26N4/c1-5-8-18-13(15-10-17-18)12-7-6-11(12)9-16-14(2,3)4/h10-12,16H,5-9H2,1-4H3. The molecule has 0 radical (unpaired) electrons. The fourth-order valence-corrected chi connectivity index (χ4v) is 2.53. The maximum Gasteiger partial charge on any atom is 0.138 e. The van der Waals surface area contributed by atoms with Gasteiger partial charge in [-0.2, -0.15) is 5.10 Å². The Kier molecular flexibility index (Phi) is 4.05. The van der Waals surface area contributed by atoms with E-state index in [9.17, 15) is 0 Å². The Labute approximate surface area is 110 Å². The van der Waals surface area contributed by atoms with Crippen LogP contribution in [0.4, 0.5) is 0 Å². The third kappa shape index (κ3) is 3.10. The van der Waals surface area contributed by atoms with Crippen LogP contribution in [0.3, 0.4) is 0 Å². The van der Waals surface area contributed by atoms with E-state index in [0.29, 0.717) is 5.92 Å². The number of aromatic nitrogens is 3. The molecule has 1 fully saturated rings. The quantitative estimate of drug-likeness (QED) is 0.873. The van der Waals surface area contributed by atoms with Crippen LogP contribution in [-0.2, 0) is 6.54 Å². The highest BCUT2D eigenvalue weighted by molar-refractivity contribution is 5.05. The van der Waals surface area contributed by atoms with E-state index in [0.717, 1.165) is 25.4 Å². The van der Waals surface area contributed by atoms with Crippen LogP contribution in [-0.4, -0.2) is 26.8 Å². The average molecular weight is 250 g/mol. The zero-order chi connectivity index (χ0) is 13.2. The Hall–Kier alpha value is -0.900. The van der Waals surface area contributed by atoms with Crippen molar-refractivity contribution < 1.29 is 0 Å². The molecule has 2 rings (SSSR count). The van der Waals surface area contributed by atoms with Gasteiger partial charge >= 0.3 is 0 Å². The van der Waals surface area contributed by atoms with Gasteiger partial charge in [-0.1, -0.05) is 6.92 Å². The molecular formula is C14H26N4. The lowest BCUT2D eigenvalue weighted by Gasteiger charge is -2.38. The number of nitrogens with one attached hydrogen (secondary N) is 1. The molecule has 1 saturated carbocycles. The van der Waals surface area contributed by atoms with Gasteiger partial charge in [0, 0.05) is 18.0 Å². The van der Waals surface area contributed by atoms with Gasteiger partial charge in [-0.05, 0) is 52.5 Å². The topological polar surface area (TPSA) is 42.7 Å². The first-order chi connectivity index (χ1) is 8.51. The van der Waals surface area contributed by atoms with E-state index < -0.39 is 0 Å². The summed E-state index contributed by atoms with van der Waals surface area (Å²) >= 11 is 0. The van der Waals surface area contributed by atoms with Crippen molar-refractivity contribution in [1.29, 1.82) is 0 Å². The molecule has 0 saturated heterocycles. The molecule has 1 aromatic heterocycles. The van der Waals surface area contributed by atoms with Crippen molar-refractivity contribution in [2.75, 3.05) is 6.54 Å². The van der Waals surface area contributed by atoms with Crippen LogP contribution < -0.4 is 5.32 Å². The molecule has 2 atom stereocenters. The van der Waals surface area contributed by atoms with Gasteiger partial charge in [-0.3, -0.25) is 0 Å². The van der Waals surface area contributed by atoms with Gasteiger partial charge < -0.3 is 5.32 Å². The van der Waals surface area contributed by atoms with Crippen LogP contribution in [0, 0.1) is 5.92 Å². The molecule has 1 N–H and O–H groups in total. The molecule has 102 valence electrons. The Bertz CT molecular complexity index is 377. The lowest BCUT2D eigenvalue weighted by molar-refractivity contribution is 0.211. The van der Waals surface area contributed by atoms with Crippen LogP contribution in [0.1, 0.15) is 58.7 Å². The van der Waals surface area contributed by atoms with Crippen LogP contribution >= 0.6 is 0 Å². The van der Waals surface area contributed by atoms with Crippen molar-refractivity contribution >= 4 is 0 Å².